The molecule has 1 aromatic carbocycles. The highest BCUT2D eigenvalue weighted by Gasteiger charge is 2.63. The molecule has 3 heterocycles. The Hall–Kier alpha value is -4.28. The molecule has 0 spiro atoms. The first kappa shape index (κ1) is 42.3. The van der Waals surface area contributed by atoms with Crippen LogP contribution in [0, 0.1) is 29.1 Å². The van der Waals surface area contributed by atoms with Crippen molar-refractivity contribution in [3.05, 3.63) is 36.5 Å². The number of amides is 2. The number of allylic oxidation sites excluding steroid dienone is 2. The largest absolute Gasteiger partial charge is 0.497 e. The summed E-state index contributed by atoms with van der Waals surface area (Å²) >= 11 is 0. The minimum Gasteiger partial charge on any atom is -0.497 e. The second-order valence-corrected chi connectivity index (χ2v) is 19.4. The Morgan fingerprint density at radius 1 is 1.09 bits per heavy atom. The van der Waals surface area contributed by atoms with Crippen LogP contribution in [0.2, 0.25) is 0 Å². The first-order valence-corrected chi connectivity index (χ1v) is 20.9. The van der Waals surface area contributed by atoms with Crippen molar-refractivity contribution in [3.63, 3.8) is 0 Å². The molecule has 2 saturated carbocycles. The van der Waals surface area contributed by atoms with E-state index in [4.69, 9.17) is 14.2 Å². The van der Waals surface area contributed by atoms with Crippen LogP contribution in [0.4, 0.5) is 13.2 Å². The third-order valence-corrected chi connectivity index (χ3v) is 14.4. The van der Waals surface area contributed by atoms with Gasteiger partial charge in [-0.25, -0.2) is 18.4 Å². The molecule has 312 valence electrons. The van der Waals surface area contributed by atoms with E-state index in [1.807, 2.05) is 19.1 Å². The fourth-order valence-electron chi connectivity index (χ4n) is 7.98. The molecule has 4 aliphatic rings. The number of methoxy groups -OCH3 is 1. The maximum atomic E-state index is 14.7. The molecular weight excluding hydrogens is 770 g/mol. The Labute approximate surface area is 330 Å². The van der Waals surface area contributed by atoms with Gasteiger partial charge in [0.25, 0.3) is 0 Å². The van der Waals surface area contributed by atoms with Crippen molar-refractivity contribution < 1.29 is 55.0 Å². The van der Waals surface area contributed by atoms with E-state index in [-0.39, 0.29) is 37.6 Å². The second kappa shape index (κ2) is 15.5. The van der Waals surface area contributed by atoms with Crippen LogP contribution in [-0.2, 0) is 33.9 Å². The third kappa shape index (κ3) is 8.92. The Balaban J connectivity index is 1.33. The Kier molecular flexibility index (Phi) is 11.5. The van der Waals surface area contributed by atoms with Crippen LogP contribution in [-0.4, -0.2) is 89.2 Å². The van der Waals surface area contributed by atoms with Crippen LogP contribution in [0.3, 0.4) is 0 Å². The summed E-state index contributed by atoms with van der Waals surface area (Å²) in [5.74, 6) is -4.53. The molecule has 7 atom stereocenters. The summed E-state index contributed by atoms with van der Waals surface area (Å²) in [7, 11) is -2.51. The van der Waals surface area contributed by atoms with Crippen molar-refractivity contribution in [2.45, 2.75) is 121 Å². The third-order valence-electron chi connectivity index (χ3n) is 12.2. The lowest BCUT2D eigenvalue weighted by atomic mass is 9.82. The molecule has 1 aromatic heterocycles. The van der Waals surface area contributed by atoms with E-state index >= 15 is 0 Å². The van der Waals surface area contributed by atoms with Gasteiger partial charge in [0.2, 0.25) is 33.3 Å². The summed E-state index contributed by atoms with van der Waals surface area (Å²) in [6.07, 6.45) is 1.12. The Morgan fingerprint density at radius 3 is 2.47 bits per heavy atom. The summed E-state index contributed by atoms with van der Waals surface area (Å²) < 4.78 is 85.1. The van der Waals surface area contributed by atoms with Gasteiger partial charge < -0.3 is 19.1 Å². The zero-order valence-corrected chi connectivity index (χ0v) is 33.9. The number of fused-ring (bicyclic) bond motifs is 3. The number of esters is 1. The van der Waals surface area contributed by atoms with Crippen molar-refractivity contribution in [1.82, 2.24) is 19.6 Å². The number of hydrogen-bond donors (Lipinski definition) is 1. The molecule has 2 aliphatic carbocycles. The van der Waals surface area contributed by atoms with Crippen LogP contribution >= 0.6 is 0 Å². The predicted octanol–water partition coefficient (Wildman–Crippen LogP) is 5.85. The van der Waals surface area contributed by atoms with Gasteiger partial charge in [0.15, 0.2) is 5.78 Å². The standard InChI is InChI=1S/C40H51F3N4O9S/c1-23-9-7-8-10-25-19-39(25,36(51)46-57(52,53)38(5)13-14-38)20-32(48)31-17-27(55-33-21-44-30-16-26(54-6)11-12-29(30)45-33)22-47(31)35(50)28(24(2)15-23)18-34(49)56-37(3,4)40(41,42)43/h8,10-12,16,21,23-25,27-28,31H,7,9,13-15,17-20,22H2,1-6H3,(H,46,51)/b10-8-/t23-,24-,25-,27-,28+,31+,39-/m1/s1. The lowest BCUT2D eigenvalue weighted by Gasteiger charge is -2.33. The van der Waals surface area contributed by atoms with Gasteiger partial charge in [0.05, 0.1) is 59.4 Å². The molecule has 1 N–H and O–H groups in total. The van der Waals surface area contributed by atoms with Crippen molar-refractivity contribution in [2.75, 3.05) is 13.7 Å². The van der Waals surface area contributed by atoms with Gasteiger partial charge in [-0.3, -0.25) is 23.9 Å². The van der Waals surface area contributed by atoms with Crippen LogP contribution < -0.4 is 14.2 Å². The monoisotopic (exact) mass is 820 g/mol. The number of nitrogens with one attached hydrogen (secondary N) is 1. The molecule has 2 aliphatic heterocycles. The highest BCUT2D eigenvalue weighted by molar-refractivity contribution is 7.91. The summed E-state index contributed by atoms with van der Waals surface area (Å²) in [5, 5.41) is 0. The number of alkyl halides is 3. The fraction of sp³-hybridized carbons (Fsp3) is 0.650. The molecule has 1 saturated heterocycles. The smallest absolute Gasteiger partial charge is 0.427 e. The number of rotatable bonds is 9. The van der Waals surface area contributed by atoms with E-state index in [1.165, 1.54) is 18.2 Å². The number of carbonyl (C=O) groups excluding carboxylic acids is 4. The molecule has 17 heteroatoms. The molecule has 2 aromatic rings. The number of ether oxygens (including phenoxy) is 3. The number of hydrogen-bond acceptors (Lipinski definition) is 11. The average molecular weight is 821 g/mol. The zero-order chi connectivity index (χ0) is 41.7. The SMILES string of the molecule is COc1ccc2nc(O[C@@H]3C[C@H]4C(=O)C[C@]5(C(=O)NS(=O)(=O)C6(C)CC6)C[C@H]5/C=C\CC[C@@H](C)C[C@@H](C)[C@H](CC(=O)OC(C)(C)C(F)(F)F)C(=O)N4C3)cnc2c1. The van der Waals surface area contributed by atoms with Crippen LogP contribution in [0.15, 0.2) is 36.5 Å². The number of carbonyl (C=O) groups is 4. The molecule has 6 rings (SSSR count). The number of benzene rings is 1. The highest BCUT2D eigenvalue weighted by atomic mass is 32.2. The molecule has 0 bridgehead atoms. The van der Waals surface area contributed by atoms with Crippen molar-refractivity contribution in [1.29, 1.82) is 0 Å². The van der Waals surface area contributed by atoms with Crippen LogP contribution in [0.5, 0.6) is 11.6 Å². The minimum absolute atomic E-state index is 0.0166. The van der Waals surface area contributed by atoms with E-state index in [9.17, 15) is 40.8 Å². The van der Waals surface area contributed by atoms with Gasteiger partial charge >= 0.3 is 12.1 Å². The van der Waals surface area contributed by atoms with E-state index in [1.54, 1.807) is 32.0 Å². The zero-order valence-electron chi connectivity index (χ0n) is 33.1. The normalized spacial score (nSPS) is 29.9. The lowest BCUT2D eigenvalue weighted by molar-refractivity contribution is -0.257. The number of aromatic nitrogens is 2. The van der Waals surface area contributed by atoms with Gasteiger partial charge in [0.1, 0.15) is 11.9 Å². The summed E-state index contributed by atoms with van der Waals surface area (Å²) in [4.78, 5) is 66.7. The van der Waals surface area contributed by atoms with Gasteiger partial charge in [0, 0.05) is 18.9 Å². The topological polar surface area (TPSA) is 171 Å². The molecule has 2 amide bonds. The maximum absolute atomic E-state index is 14.7. The first-order chi connectivity index (χ1) is 26.6. The molecule has 57 heavy (non-hydrogen) atoms. The quantitative estimate of drug-likeness (QED) is 0.238. The van der Waals surface area contributed by atoms with Crippen molar-refractivity contribution >= 4 is 44.6 Å². The number of ketones is 1. The van der Waals surface area contributed by atoms with E-state index in [0.29, 0.717) is 48.9 Å². The van der Waals surface area contributed by atoms with Crippen LogP contribution in [0.25, 0.3) is 11.0 Å². The molecular formula is C40H51F3N4O9S. The molecule has 0 unspecified atom stereocenters. The summed E-state index contributed by atoms with van der Waals surface area (Å²) in [6.45, 7) is 6.61. The first-order valence-electron chi connectivity index (χ1n) is 19.4. The summed E-state index contributed by atoms with van der Waals surface area (Å²) in [6, 6.07) is 3.92. The number of nitrogens with zero attached hydrogens (tertiary/aromatic N) is 3. The fourth-order valence-corrected chi connectivity index (χ4v) is 9.31. The second-order valence-electron chi connectivity index (χ2n) is 17.2. The van der Waals surface area contributed by atoms with Crippen molar-refractivity contribution in [3.8, 4) is 11.6 Å². The van der Waals surface area contributed by atoms with Gasteiger partial charge in [-0.05, 0) is 89.2 Å². The minimum atomic E-state index is -4.87. The van der Waals surface area contributed by atoms with Crippen LogP contribution in [0.1, 0.15) is 92.4 Å². The number of halogens is 3. The lowest BCUT2D eigenvalue weighted by Crippen LogP contribution is -2.48. The van der Waals surface area contributed by atoms with E-state index < -0.39 is 91.8 Å². The van der Waals surface area contributed by atoms with E-state index in [2.05, 4.69) is 14.7 Å². The highest BCUT2D eigenvalue weighted by Crippen LogP contribution is 2.57. The maximum Gasteiger partial charge on any atom is 0.427 e. The van der Waals surface area contributed by atoms with Gasteiger partial charge in [-0.2, -0.15) is 13.2 Å². The number of Topliss-reactive ketones (excluding diaryl/α,β-unsaturated/α-hetero) is 1. The molecule has 13 nitrogen and oxygen atoms in total. The van der Waals surface area contributed by atoms with Crippen molar-refractivity contribution in [2.24, 2.45) is 29.1 Å². The average Bonchev–Trinajstić information content (AvgIpc) is 4.01. The van der Waals surface area contributed by atoms with Gasteiger partial charge in [-0.1, -0.05) is 26.0 Å². The molecule has 3 fully saturated rings. The summed E-state index contributed by atoms with van der Waals surface area (Å²) in [5.41, 5.74) is -3.16. The van der Waals surface area contributed by atoms with E-state index in [0.717, 1.165) is 13.8 Å². The predicted molar refractivity (Wildman–Crippen MR) is 201 cm³/mol. The molecule has 0 radical (unpaired) electrons. The Bertz CT molecular complexity index is 2050. The Morgan fingerprint density at radius 2 is 1.81 bits per heavy atom. The van der Waals surface area contributed by atoms with Gasteiger partial charge in [-0.15, -0.1) is 0 Å². The number of sulfonamides is 1.